The van der Waals surface area contributed by atoms with Crippen molar-refractivity contribution in [1.82, 2.24) is 4.98 Å². The third-order valence-corrected chi connectivity index (χ3v) is 6.37. The van der Waals surface area contributed by atoms with Crippen molar-refractivity contribution in [1.29, 1.82) is 0 Å². The number of benzene rings is 4. The lowest BCUT2D eigenvalue weighted by Gasteiger charge is -2.25. The van der Waals surface area contributed by atoms with Gasteiger partial charge in [-0.2, -0.15) is 0 Å². The smallest absolute Gasteiger partial charge is 0.250 e. The number of hydrazine groups is 1. The van der Waals surface area contributed by atoms with Crippen molar-refractivity contribution in [2.24, 2.45) is 0 Å². The topological polar surface area (TPSA) is 100 Å². The van der Waals surface area contributed by atoms with Crippen LogP contribution < -0.4 is 21.5 Å². The Balaban J connectivity index is 1.28. The summed E-state index contributed by atoms with van der Waals surface area (Å²) in [5, 5.41) is 5.32. The van der Waals surface area contributed by atoms with Gasteiger partial charge < -0.3 is 11.1 Å². The van der Waals surface area contributed by atoms with Gasteiger partial charge in [0.15, 0.2) is 0 Å². The Morgan fingerprint density at radius 2 is 1.68 bits per heavy atom. The molecule has 2 amide bonds. The van der Waals surface area contributed by atoms with Gasteiger partial charge in [-0.3, -0.25) is 20.0 Å². The molecular formula is C33H29N5O2. The maximum absolute atomic E-state index is 13.5. The quantitative estimate of drug-likeness (QED) is 0.124. The van der Waals surface area contributed by atoms with Crippen molar-refractivity contribution in [2.75, 3.05) is 21.5 Å². The highest BCUT2D eigenvalue weighted by atomic mass is 16.2. The minimum atomic E-state index is -0.276. The van der Waals surface area contributed by atoms with E-state index in [1.807, 2.05) is 97.9 Å². The number of fused-ring (bicyclic) bond motifs is 1. The number of hydrogen-bond donors (Lipinski definition) is 3. The fourth-order valence-electron chi connectivity index (χ4n) is 4.20. The Morgan fingerprint density at radius 3 is 2.45 bits per heavy atom. The average Bonchev–Trinajstić information content (AvgIpc) is 2.97. The first-order chi connectivity index (χ1) is 19.4. The number of nitrogens with zero attached hydrogens (tertiary/aromatic N) is 2. The van der Waals surface area contributed by atoms with Crippen LogP contribution in [0.4, 0.5) is 22.7 Å². The van der Waals surface area contributed by atoms with Crippen LogP contribution in [0.3, 0.4) is 0 Å². The molecule has 0 saturated carbocycles. The lowest BCUT2D eigenvalue weighted by molar-refractivity contribution is -0.117. The maximum atomic E-state index is 13.5. The van der Waals surface area contributed by atoms with E-state index >= 15 is 0 Å². The molecule has 0 fully saturated rings. The highest BCUT2D eigenvalue weighted by molar-refractivity contribution is 6.03. The van der Waals surface area contributed by atoms with E-state index in [1.54, 1.807) is 29.4 Å². The van der Waals surface area contributed by atoms with Crippen molar-refractivity contribution < 1.29 is 9.59 Å². The van der Waals surface area contributed by atoms with Crippen molar-refractivity contribution in [2.45, 2.75) is 13.3 Å². The summed E-state index contributed by atoms with van der Waals surface area (Å²) >= 11 is 0. The molecule has 0 aliphatic heterocycles. The molecule has 1 heterocycles. The number of aryl methyl sites for hydroxylation is 1. The monoisotopic (exact) mass is 527 g/mol. The molecule has 0 aliphatic carbocycles. The van der Waals surface area contributed by atoms with Crippen LogP contribution in [0.25, 0.3) is 17.0 Å². The number of hydrogen-bond acceptors (Lipinski definition) is 5. The molecular weight excluding hydrogens is 498 g/mol. The number of carbonyl (C=O) groups excluding carboxylic acids is 2. The molecule has 7 heteroatoms. The summed E-state index contributed by atoms with van der Waals surface area (Å²) in [5.41, 5.74) is 15.5. The summed E-state index contributed by atoms with van der Waals surface area (Å²) in [4.78, 5) is 30.2. The zero-order valence-corrected chi connectivity index (χ0v) is 22.0. The fourth-order valence-corrected chi connectivity index (χ4v) is 4.20. The lowest BCUT2D eigenvalue weighted by atomic mass is 10.1. The Bertz CT molecular complexity index is 1680. The first kappa shape index (κ1) is 26.2. The summed E-state index contributed by atoms with van der Waals surface area (Å²) < 4.78 is 0. The molecule has 198 valence electrons. The molecule has 4 N–H and O–H groups in total. The van der Waals surface area contributed by atoms with Gasteiger partial charge in [0.05, 0.1) is 34.7 Å². The van der Waals surface area contributed by atoms with E-state index in [1.165, 1.54) is 6.08 Å². The summed E-state index contributed by atoms with van der Waals surface area (Å²) in [6, 6.07) is 32.1. The highest BCUT2D eigenvalue weighted by Crippen LogP contribution is 2.22. The van der Waals surface area contributed by atoms with E-state index in [0.717, 1.165) is 39.0 Å². The van der Waals surface area contributed by atoms with Crippen LogP contribution in [0.15, 0.2) is 115 Å². The molecule has 7 nitrogen and oxygen atoms in total. The van der Waals surface area contributed by atoms with Gasteiger partial charge in [-0.1, -0.05) is 60.2 Å². The molecule has 4 aromatic carbocycles. The zero-order chi connectivity index (χ0) is 27.9. The Kier molecular flexibility index (Phi) is 7.83. The summed E-state index contributed by atoms with van der Waals surface area (Å²) in [6.07, 6.45) is 5.12. The van der Waals surface area contributed by atoms with Crippen LogP contribution in [0, 0.1) is 6.92 Å². The summed E-state index contributed by atoms with van der Waals surface area (Å²) in [7, 11) is 0. The third kappa shape index (κ3) is 6.52. The van der Waals surface area contributed by atoms with E-state index in [0.29, 0.717) is 11.4 Å². The third-order valence-electron chi connectivity index (χ3n) is 6.37. The Hall–Kier alpha value is -5.43. The summed E-state index contributed by atoms with van der Waals surface area (Å²) in [6.45, 7) is 2.01. The molecule has 1 aromatic heterocycles. The first-order valence-corrected chi connectivity index (χ1v) is 12.9. The lowest BCUT2D eigenvalue weighted by Crippen LogP contribution is -2.37. The number of nitrogens with one attached hydrogen (secondary N) is 2. The molecule has 0 atom stereocenters. The van der Waals surface area contributed by atoms with E-state index in [-0.39, 0.29) is 18.2 Å². The van der Waals surface area contributed by atoms with Gasteiger partial charge in [-0.05, 0) is 72.7 Å². The van der Waals surface area contributed by atoms with Crippen LogP contribution in [0.1, 0.15) is 16.7 Å². The minimum absolute atomic E-state index is 0.113. The first-order valence-electron chi connectivity index (χ1n) is 12.9. The van der Waals surface area contributed by atoms with Gasteiger partial charge in [0, 0.05) is 17.7 Å². The zero-order valence-electron chi connectivity index (χ0n) is 22.0. The molecule has 5 rings (SSSR count). The van der Waals surface area contributed by atoms with E-state index in [9.17, 15) is 9.59 Å². The standard InChI is InChI=1S/C33H29N5O2/c1-23-8-16-28(17-9-23)38(37-27-15-18-30-26(22-27)5-4-20-35-30)33(40)21-25-12-10-24(11-13-25)14-19-32(39)36-31-7-3-2-6-29(31)34/h2-20,22,37H,21,34H2,1H3,(H,36,39). The largest absolute Gasteiger partial charge is 0.397 e. The van der Waals surface area contributed by atoms with Gasteiger partial charge in [0.2, 0.25) is 11.8 Å². The molecule has 40 heavy (non-hydrogen) atoms. The number of carbonyl (C=O) groups is 2. The van der Waals surface area contributed by atoms with Gasteiger partial charge >= 0.3 is 0 Å². The molecule has 0 aliphatic rings. The number of nitrogens with two attached hydrogens (primary N) is 1. The minimum Gasteiger partial charge on any atom is -0.397 e. The second-order valence-electron chi connectivity index (χ2n) is 9.42. The molecule has 0 saturated heterocycles. The normalized spacial score (nSPS) is 10.9. The fraction of sp³-hybridized carbons (Fsp3) is 0.0606. The second-order valence-corrected chi connectivity index (χ2v) is 9.42. The van der Waals surface area contributed by atoms with Gasteiger partial charge in [0.1, 0.15) is 0 Å². The molecule has 0 radical (unpaired) electrons. The predicted molar refractivity (Wildman–Crippen MR) is 163 cm³/mol. The van der Waals surface area contributed by atoms with Gasteiger partial charge in [0.25, 0.3) is 0 Å². The Morgan fingerprint density at radius 1 is 0.900 bits per heavy atom. The number of pyridine rings is 1. The van der Waals surface area contributed by atoms with Crippen LogP contribution in [-0.2, 0) is 16.0 Å². The van der Waals surface area contributed by atoms with Crippen molar-refractivity contribution in [3.8, 4) is 0 Å². The SMILES string of the molecule is Cc1ccc(N(Nc2ccc3ncccc3c2)C(=O)Cc2ccc(C=CC(=O)Nc3ccccc3N)cc2)cc1. The predicted octanol–water partition coefficient (Wildman–Crippen LogP) is 6.38. The van der Waals surface area contributed by atoms with E-state index in [2.05, 4.69) is 15.7 Å². The number of rotatable bonds is 8. The number of amides is 2. The van der Waals surface area contributed by atoms with Crippen molar-refractivity contribution in [3.05, 3.63) is 132 Å². The molecule has 0 bridgehead atoms. The van der Waals surface area contributed by atoms with Gasteiger partial charge in [-0.25, -0.2) is 5.01 Å². The number of nitrogen functional groups attached to an aromatic ring is 1. The van der Waals surface area contributed by atoms with Crippen LogP contribution in [0.5, 0.6) is 0 Å². The van der Waals surface area contributed by atoms with Crippen molar-refractivity contribution in [3.63, 3.8) is 0 Å². The van der Waals surface area contributed by atoms with Crippen molar-refractivity contribution >= 4 is 51.5 Å². The summed E-state index contributed by atoms with van der Waals surface area (Å²) in [5.74, 6) is -0.389. The number of para-hydroxylation sites is 2. The molecule has 0 spiro atoms. The van der Waals surface area contributed by atoms with Crippen LogP contribution >= 0.6 is 0 Å². The Labute approximate surface area is 232 Å². The van der Waals surface area contributed by atoms with E-state index in [4.69, 9.17) is 5.73 Å². The molecule has 5 aromatic rings. The number of anilines is 4. The number of aromatic nitrogens is 1. The van der Waals surface area contributed by atoms with Crippen LogP contribution in [0.2, 0.25) is 0 Å². The van der Waals surface area contributed by atoms with E-state index < -0.39 is 0 Å². The second kappa shape index (κ2) is 12.0. The molecule has 0 unspecified atom stereocenters. The average molecular weight is 528 g/mol. The van der Waals surface area contributed by atoms with Gasteiger partial charge in [-0.15, -0.1) is 0 Å². The highest BCUT2D eigenvalue weighted by Gasteiger charge is 2.17. The maximum Gasteiger partial charge on any atom is 0.250 e. The van der Waals surface area contributed by atoms with Crippen LogP contribution in [-0.4, -0.2) is 16.8 Å².